The molecule has 56 heavy (non-hydrogen) atoms. The first-order valence-electron chi connectivity index (χ1n) is 22.2. The molecule has 0 bridgehead atoms. The first-order valence-corrected chi connectivity index (χ1v) is 24.0. The summed E-state index contributed by atoms with van der Waals surface area (Å²) in [4.78, 5) is 0. The van der Waals surface area contributed by atoms with Crippen molar-refractivity contribution >= 4 is 10.1 Å². The van der Waals surface area contributed by atoms with Crippen molar-refractivity contribution in [2.75, 3.05) is 72.3 Å². The Kier molecular flexibility index (Phi) is 29.0. The summed E-state index contributed by atoms with van der Waals surface area (Å²) in [5.74, 6) is 0. The predicted molar refractivity (Wildman–Crippen MR) is 218 cm³/mol. The van der Waals surface area contributed by atoms with E-state index in [2.05, 4.69) is 48.5 Å². The van der Waals surface area contributed by atoms with Gasteiger partial charge in [-0.05, 0) is 44.9 Å². The fourth-order valence-electron chi connectivity index (χ4n) is 6.56. The molecule has 2 saturated heterocycles. The van der Waals surface area contributed by atoms with Crippen molar-refractivity contribution in [2.24, 2.45) is 0 Å². The Hall–Kier alpha value is -0.490. The first-order chi connectivity index (χ1) is 27.2. The summed E-state index contributed by atoms with van der Waals surface area (Å²) in [5.41, 5.74) is 0. The Bertz CT molecular complexity index is 1040. The van der Waals surface area contributed by atoms with Crippen molar-refractivity contribution in [3.8, 4) is 0 Å². The molecule has 0 radical (unpaired) electrons. The molecular formula is C42H82O13S. The van der Waals surface area contributed by atoms with Crippen LogP contribution in [0.3, 0.4) is 0 Å². The van der Waals surface area contributed by atoms with Gasteiger partial charge in [0.25, 0.3) is 10.1 Å². The number of rotatable bonds is 35. The van der Waals surface area contributed by atoms with Crippen molar-refractivity contribution in [2.45, 2.75) is 200 Å². The highest BCUT2D eigenvalue weighted by Crippen LogP contribution is 2.35. The van der Waals surface area contributed by atoms with Crippen LogP contribution in [-0.4, -0.2) is 142 Å². The lowest BCUT2D eigenvalue weighted by Gasteiger charge is -2.50. The lowest BCUT2D eigenvalue weighted by Crippen LogP contribution is -2.67. The maximum Gasteiger partial charge on any atom is 0.264 e. The molecule has 2 aliphatic heterocycles. The van der Waals surface area contributed by atoms with E-state index < -0.39 is 71.3 Å². The number of ether oxygens (including phenoxy) is 10. The smallest absolute Gasteiger partial charge is 0.264 e. The second-order valence-corrected chi connectivity index (χ2v) is 16.8. The van der Waals surface area contributed by atoms with Crippen molar-refractivity contribution in [3.63, 3.8) is 0 Å². The van der Waals surface area contributed by atoms with Crippen molar-refractivity contribution in [1.29, 1.82) is 0 Å². The average Bonchev–Trinajstić information content (AvgIpc) is 3.17. The third kappa shape index (κ3) is 19.7. The zero-order valence-corrected chi connectivity index (χ0v) is 37.3. The third-order valence-electron chi connectivity index (χ3n) is 9.95. The van der Waals surface area contributed by atoms with Crippen LogP contribution in [0.4, 0.5) is 0 Å². The molecule has 0 aliphatic carbocycles. The predicted octanol–water partition coefficient (Wildman–Crippen LogP) is 7.40. The van der Waals surface area contributed by atoms with Gasteiger partial charge in [-0.2, -0.15) is 8.42 Å². The Morgan fingerprint density at radius 1 is 0.411 bits per heavy atom. The van der Waals surface area contributed by atoms with Crippen LogP contribution in [-0.2, 0) is 61.7 Å². The van der Waals surface area contributed by atoms with Gasteiger partial charge in [-0.15, -0.1) is 0 Å². The van der Waals surface area contributed by atoms with Gasteiger partial charge in [0.05, 0.1) is 26.1 Å². The van der Waals surface area contributed by atoms with Crippen LogP contribution in [0.15, 0.2) is 0 Å². The van der Waals surface area contributed by atoms with E-state index in [0.717, 1.165) is 96.1 Å². The lowest BCUT2D eigenvalue weighted by atomic mass is 9.93. The van der Waals surface area contributed by atoms with Crippen LogP contribution < -0.4 is 0 Å². The van der Waals surface area contributed by atoms with E-state index in [-0.39, 0.29) is 13.2 Å². The van der Waals surface area contributed by atoms with Crippen LogP contribution in [0.5, 0.6) is 0 Å². The zero-order chi connectivity index (χ0) is 41.0. The fourth-order valence-corrected chi connectivity index (χ4v) is 6.94. The van der Waals surface area contributed by atoms with Gasteiger partial charge < -0.3 is 47.4 Å². The Morgan fingerprint density at radius 3 is 1.16 bits per heavy atom. The Labute approximate surface area is 341 Å². The molecule has 13 nitrogen and oxygen atoms in total. The van der Waals surface area contributed by atoms with Crippen LogP contribution in [0.1, 0.15) is 138 Å². The minimum Gasteiger partial charge on any atom is -0.379 e. The molecule has 0 aromatic heterocycles. The summed E-state index contributed by atoms with van der Waals surface area (Å²) >= 11 is 0. The van der Waals surface area contributed by atoms with Gasteiger partial charge in [0.15, 0.2) is 6.29 Å². The van der Waals surface area contributed by atoms with Gasteiger partial charge in [-0.3, -0.25) is 4.18 Å². The first kappa shape index (κ1) is 51.7. The molecule has 334 valence electrons. The molecule has 2 aliphatic rings. The van der Waals surface area contributed by atoms with E-state index in [9.17, 15) is 8.42 Å². The molecule has 4 unspecified atom stereocenters. The van der Waals surface area contributed by atoms with Gasteiger partial charge in [0.1, 0.15) is 54.9 Å². The summed E-state index contributed by atoms with van der Waals surface area (Å²) in [6, 6.07) is 0. The standard InChI is InChI=1S/C42H82O13S/c1-9-16-23-45-30-33-36(47-25-18-11-3)40(50-28-21-14-6)41(51-29-22-15-7)42(54-33)55-38-34(31-46-24-17-10-2)53-35(32-52-56(8,43)44)37(48-26-19-12-4)39(38)49-27-20-13-5/h33-42H,9-32H2,1-8H3/t33?,34?,35-,36+,37+,38+,39?,40?,41-,42-/m0/s1. The maximum absolute atomic E-state index is 12.2. The highest BCUT2D eigenvalue weighted by atomic mass is 32.2. The second-order valence-electron chi connectivity index (χ2n) is 15.1. The summed E-state index contributed by atoms with van der Waals surface area (Å²) in [6.07, 6.45) is 7.37. The van der Waals surface area contributed by atoms with Crippen LogP contribution in [0.2, 0.25) is 0 Å². The minimum absolute atomic E-state index is 0.187. The second kappa shape index (κ2) is 31.4. The normalized spacial score (nSPS) is 28.6. The summed E-state index contributed by atoms with van der Waals surface area (Å²) in [5, 5.41) is 0. The molecule has 0 aromatic carbocycles. The Morgan fingerprint density at radius 2 is 0.750 bits per heavy atom. The Balaban J connectivity index is 2.68. The topological polar surface area (TPSA) is 136 Å². The third-order valence-corrected chi connectivity index (χ3v) is 10.5. The molecular weight excluding hydrogens is 745 g/mol. The van der Waals surface area contributed by atoms with E-state index in [1.54, 1.807) is 0 Å². The molecule has 10 atom stereocenters. The van der Waals surface area contributed by atoms with E-state index in [1.165, 1.54) is 0 Å². The fraction of sp³-hybridized carbons (Fsp3) is 1.00. The van der Waals surface area contributed by atoms with Gasteiger partial charge >= 0.3 is 0 Å². The van der Waals surface area contributed by atoms with Crippen molar-refractivity contribution < 1.29 is 60.0 Å². The van der Waals surface area contributed by atoms with Crippen LogP contribution in [0.25, 0.3) is 0 Å². The van der Waals surface area contributed by atoms with Gasteiger partial charge in [0.2, 0.25) is 0 Å². The molecule has 2 rings (SSSR count). The van der Waals surface area contributed by atoms with E-state index in [4.69, 9.17) is 51.6 Å². The lowest BCUT2D eigenvalue weighted by molar-refractivity contribution is -0.360. The molecule has 0 saturated carbocycles. The van der Waals surface area contributed by atoms with Crippen LogP contribution >= 0.6 is 0 Å². The summed E-state index contributed by atoms with van der Waals surface area (Å²) < 4.78 is 96.4. The summed E-state index contributed by atoms with van der Waals surface area (Å²) in [6.45, 7) is 18.8. The van der Waals surface area contributed by atoms with E-state index in [0.29, 0.717) is 52.9 Å². The number of hydrogen-bond donors (Lipinski definition) is 0. The van der Waals surface area contributed by atoms with E-state index >= 15 is 0 Å². The SMILES string of the molecule is CCCCOCC1O[C@@H](O[C@@H]2C(COCCCC)O[C@@H](COS(C)(=O)=O)[C@@H](OCCCC)C2OCCCC)[C@@H](OCCCC)C(OCCCC)[C@@H]1OCCCC. The largest absolute Gasteiger partial charge is 0.379 e. The molecule has 14 heteroatoms. The quantitative estimate of drug-likeness (QED) is 0.0464. The monoisotopic (exact) mass is 827 g/mol. The minimum atomic E-state index is -3.77. The molecule has 0 aromatic rings. The van der Waals surface area contributed by atoms with Crippen molar-refractivity contribution in [3.05, 3.63) is 0 Å². The van der Waals surface area contributed by atoms with Crippen molar-refractivity contribution in [1.82, 2.24) is 0 Å². The van der Waals surface area contributed by atoms with Gasteiger partial charge in [-0.1, -0.05) is 93.4 Å². The molecule has 0 N–H and O–H groups in total. The maximum atomic E-state index is 12.2. The van der Waals surface area contributed by atoms with Gasteiger partial charge in [-0.25, -0.2) is 0 Å². The number of unbranched alkanes of at least 4 members (excludes halogenated alkanes) is 7. The highest BCUT2D eigenvalue weighted by Gasteiger charge is 2.54. The van der Waals surface area contributed by atoms with Crippen LogP contribution in [0, 0.1) is 0 Å². The van der Waals surface area contributed by atoms with Gasteiger partial charge in [0, 0.05) is 46.2 Å². The molecule has 2 fully saturated rings. The zero-order valence-electron chi connectivity index (χ0n) is 36.5. The average molecular weight is 827 g/mol. The molecule has 2 heterocycles. The molecule has 0 amide bonds. The molecule has 0 spiro atoms. The summed E-state index contributed by atoms with van der Waals surface area (Å²) in [7, 11) is -3.77. The highest BCUT2D eigenvalue weighted by molar-refractivity contribution is 7.85. The van der Waals surface area contributed by atoms with E-state index in [1.807, 2.05) is 0 Å². The number of hydrogen-bond acceptors (Lipinski definition) is 13.